The van der Waals surface area contributed by atoms with Crippen LogP contribution < -0.4 is 10.1 Å². The van der Waals surface area contributed by atoms with Crippen molar-refractivity contribution in [3.8, 4) is 5.75 Å². The summed E-state index contributed by atoms with van der Waals surface area (Å²) in [5, 5.41) is 2.72. The Kier molecular flexibility index (Phi) is 6.21. The van der Waals surface area contributed by atoms with Crippen molar-refractivity contribution < 1.29 is 19.1 Å². The van der Waals surface area contributed by atoms with Crippen molar-refractivity contribution >= 4 is 17.6 Å². The van der Waals surface area contributed by atoms with Gasteiger partial charge in [0.25, 0.3) is 5.91 Å². The molecule has 0 saturated heterocycles. The van der Waals surface area contributed by atoms with Crippen LogP contribution in [0.25, 0.3) is 0 Å². The van der Waals surface area contributed by atoms with Crippen molar-refractivity contribution in [1.29, 1.82) is 0 Å². The molecule has 1 amide bonds. The van der Waals surface area contributed by atoms with E-state index in [9.17, 15) is 9.59 Å². The zero-order valence-electron chi connectivity index (χ0n) is 13.2. The topological polar surface area (TPSA) is 64.6 Å². The summed E-state index contributed by atoms with van der Waals surface area (Å²) in [5.74, 6) is -0.393. The van der Waals surface area contributed by atoms with E-state index in [0.717, 1.165) is 5.56 Å². The van der Waals surface area contributed by atoms with Crippen LogP contribution in [0.5, 0.6) is 5.75 Å². The highest BCUT2D eigenvalue weighted by atomic mass is 16.5. The summed E-state index contributed by atoms with van der Waals surface area (Å²) in [7, 11) is 1.53. The van der Waals surface area contributed by atoms with Crippen molar-refractivity contribution in [2.45, 2.75) is 40.2 Å². The molecule has 0 radical (unpaired) electrons. The van der Waals surface area contributed by atoms with Gasteiger partial charge in [-0.15, -0.1) is 0 Å². The van der Waals surface area contributed by atoms with Crippen LogP contribution >= 0.6 is 0 Å². The first-order valence-electron chi connectivity index (χ1n) is 7.05. The third-order valence-electron chi connectivity index (χ3n) is 3.29. The third kappa shape index (κ3) is 4.77. The number of nitrogens with one attached hydrogen (secondary N) is 1. The first-order chi connectivity index (χ1) is 9.88. The average molecular weight is 293 g/mol. The molecule has 0 saturated carbocycles. The van der Waals surface area contributed by atoms with E-state index < -0.39 is 6.10 Å². The molecule has 1 aromatic rings. The molecule has 0 fully saturated rings. The van der Waals surface area contributed by atoms with Crippen molar-refractivity contribution in [2.75, 3.05) is 12.4 Å². The second-order valence-corrected chi connectivity index (χ2v) is 5.08. The molecule has 2 unspecified atom stereocenters. The summed E-state index contributed by atoms with van der Waals surface area (Å²) in [6.45, 7) is 7.14. The van der Waals surface area contributed by atoms with Crippen LogP contribution in [0.3, 0.4) is 0 Å². The predicted molar refractivity (Wildman–Crippen MR) is 81.4 cm³/mol. The Morgan fingerprint density at radius 3 is 2.52 bits per heavy atom. The second-order valence-electron chi connectivity index (χ2n) is 5.08. The molecule has 0 heterocycles. The highest BCUT2D eigenvalue weighted by molar-refractivity contribution is 5.96. The number of hydrogen-bond donors (Lipinski definition) is 1. The maximum atomic E-state index is 12.1. The number of esters is 1. The number of aryl methyl sites for hydroxylation is 1. The van der Waals surface area contributed by atoms with Crippen LogP contribution in [0.4, 0.5) is 5.69 Å². The Labute approximate surface area is 125 Å². The van der Waals surface area contributed by atoms with Gasteiger partial charge in [-0.2, -0.15) is 0 Å². The SMILES string of the molecule is CCC(C)C(=O)OC(C)C(=O)Nc1cc(C)ccc1OC. The largest absolute Gasteiger partial charge is 0.495 e. The van der Waals surface area contributed by atoms with Gasteiger partial charge >= 0.3 is 5.97 Å². The summed E-state index contributed by atoms with van der Waals surface area (Å²) in [4.78, 5) is 23.8. The number of rotatable bonds is 6. The molecular weight excluding hydrogens is 270 g/mol. The minimum Gasteiger partial charge on any atom is -0.495 e. The molecule has 0 aliphatic rings. The maximum absolute atomic E-state index is 12.1. The number of carbonyl (C=O) groups is 2. The van der Waals surface area contributed by atoms with E-state index in [0.29, 0.717) is 17.9 Å². The Morgan fingerprint density at radius 1 is 1.29 bits per heavy atom. The molecule has 1 aromatic carbocycles. The van der Waals surface area contributed by atoms with E-state index in [1.807, 2.05) is 19.9 Å². The summed E-state index contributed by atoms with van der Waals surface area (Å²) < 4.78 is 10.3. The molecular formula is C16H23NO4. The highest BCUT2D eigenvalue weighted by Gasteiger charge is 2.21. The molecule has 5 heteroatoms. The van der Waals surface area contributed by atoms with Crippen molar-refractivity contribution in [1.82, 2.24) is 0 Å². The van der Waals surface area contributed by atoms with Crippen molar-refractivity contribution in [2.24, 2.45) is 5.92 Å². The summed E-state index contributed by atoms with van der Waals surface area (Å²) in [5.41, 5.74) is 1.56. The number of methoxy groups -OCH3 is 1. The zero-order chi connectivity index (χ0) is 16.0. The first-order valence-corrected chi connectivity index (χ1v) is 7.05. The van der Waals surface area contributed by atoms with Crippen LogP contribution in [0.15, 0.2) is 18.2 Å². The minimum absolute atomic E-state index is 0.214. The Balaban J connectivity index is 2.72. The second kappa shape index (κ2) is 7.67. The third-order valence-corrected chi connectivity index (χ3v) is 3.29. The molecule has 1 rings (SSSR count). The average Bonchev–Trinajstić information content (AvgIpc) is 2.46. The van der Waals surface area contributed by atoms with Gasteiger partial charge in [-0.25, -0.2) is 0 Å². The van der Waals surface area contributed by atoms with Gasteiger partial charge in [0.2, 0.25) is 0 Å². The van der Waals surface area contributed by atoms with Crippen LogP contribution in [-0.4, -0.2) is 25.1 Å². The summed E-state index contributed by atoms with van der Waals surface area (Å²) >= 11 is 0. The Bertz CT molecular complexity index is 513. The first kappa shape index (κ1) is 17.0. The molecule has 116 valence electrons. The molecule has 0 aliphatic heterocycles. The lowest BCUT2D eigenvalue weighted by Gasteiger charge is -2.17. The maximum Gasteiger partial charge on any atom is 0.309 e. The molecule has 21 heavy (non-hydrogen) atoms. The molecule has 0 aromatic heterocycles. The van der Waals surface area contributed by atoms with E-state index in [1.54, 1.807) is 26.0 Å². The lowest BCUT2D eigenvalue weighted by molar-refractivity contribution is -0.156. The monoisotopic (exact) mass is 293 g/mol. The number of hydrogen-bond acceptors (Lipinski definition) is 4. The fourth-order valence-corrected chi connectivity index (χ4v) is 1.66. The van der Waals surface area contributed by atoms with Gasteiger partial charge in [-0.1, -0.05) is 19.9 Å². The van der Waals surface area contributed by atoms with Crippen molar-refractivity contribution in [3.63, 3.8) is 0 Å². The predicted octanol–water partition coefficient (Wildman–Crippen LogP) is 2.92. The number of amides is 1. The van der Waals surface area contributed by atoms with E-state index >= 15 is 0 Å². The number of benzene rings is 1. The molecule has 5 nitrogen and oxygen atoms in total. The van der Waals surface area contributed by atoms with Gasteiger partial charge in [0, 0.05) is 0 Å². The lowest BCUT2D eigenvalue weighted by Crippen LogP contribution is -2.31. The van der Waals surface area contributed by atoms with E-state index in [-0.39, 0.29) is 17.8 Å². The van der Waals surface area contributed by atoms with Gasteiger partial charge in [-0.3, -0.25) is 9.59 Å². The summed E-state index contributed by atoms with van der Waals surface area (Å²) in [6.07, 6.45) is -0.171. The molecule has 0 bridgehead atoms. The van der Waals surface area contributed by atoms with Crippen LogP contribution in [-0.2, 0) is 14.3 Å². The molecule has 0 spiro atoms. The van der Waals surface area contributed by atoms with Gasteiger partial charge in [-0.05, 0) is 38.0 Å². The standard InChI is InChI=1S/C16H23NO4/c1-6-11(3)16(19)21-12(4)15(18)17-13-9-10(2)7-8-14(13)20-5/h7-9,11-12H,6H2,1-5H3,(H,17,18). The van der Waals surface area contributed by atoms with Crippen LogP contribution in [0, 0.1) is 12.8 Å². The minimum atomic E-state index is -0.850. The molecule has 2 atom stereocenters. The van der Waals surface area contributed by atoms with Crippen LogP contribution in [0.1, 0.15) is 32.8 Å². The fraction of sp³-hybridized carbons (Fsp3) is 0.500. The number of anilines is 1. The Morgan fingerprint density at radius 2 is 1.95 bits per heavy atom. The Hall–Kier alpha value is -2.04. The fourth-order valence-electron chi connectivity index (χ4n) is 1.66. The van der Waals surface area contributed by atoms with Gasteiger partial charge in [0.1, 0.15) is 5.75 Å². The van der Waals surface area contributed by atoms with E-state index in [1.165, 1.54) is 7.11 Å². The quantitative estimate of drug-likeness (QED) is 0.819. The van der Waals surface area contributed by atoms with Crippen LogP contribution in [0.2, 0.25) is 0 Å². The molecule has 0 aliphatic carbocycles. The molecule has 1 N–H and O–H groups in total. The normalized spacial score (nSPS) is 13.2. The van der Waals surface area contributed by atoms with E-state index in [2.05, 4.69) is 5.32 Å². The van der Waals surface area contributed by atoms with Gasteiger partial charge in [0.15, 0.2) is 6.10 Å². The van der Waals surface area contributed by atoms with E-state index in [4.69, 9.17) is 9.47 Å². The summed E-state index contributed by atoms with van der Waals surface area (Å²) in [6, 6.07) is 5.47. The smallest absolute Gasteiger partial charge is 0.309 e. The van der Waals surface area contributed by atoms with Gasteiger partial charge < -0.3 is 14.8 Å². The zero-order valence-corrected chi connectivity index (χ0v) is 13.2. The lowest BCUT2D eigenvalue weighted by atomic mass is 10.1. The van der Waals surface area contributed by atoms with Gasteiger partial charge in [0.05, 0.1) is 18.7 Å². The highest BCUT2D eigenvalue weighted by Crippen LogP contribution is 2.25. The number of carbonyl (C=O) groups excluding carboxylic acids is 2. The van der Waals surface area contributed by atoms with Crippen molar-refractivity contribution in [3.05, 3.63) is 23.8 Å². The number of ether oxygens (including phenoxy) is 2.